The van der Waals surface area contributed by atoms with Gasteiger partial charge >= 0.3 is 0 Å². The molecule has 0 aliphatic heterocycles. The minimum Gasteiger partial charge on any atom is -0.347 e. The van der Waals surface area contributed by atoms with Crippen molar-refractivity contribution in [2.75, 3.05) is 0 Å². The van der Waals surface area contributed by atoms with Crippen LogP contribution < -0.4 is 5.32 Å². The molecule has 0 aliphatic carbocycles. The summed E-state index contributed by atoms with van der Waals surface area (Å²) in [6, 6.07) is 9.74. The maximum atomic E-state index is 12.7. The second-order valence-corrected chi connectivity index (χ2v) is 4.37. The largest absolute Gasteiger partial charge is 0.347 e. The first-order chi connectivity index (χ1) is 9.65. The van der Waals surface area contributed by atoms with Gasteiger partial charge in [0, 0.05) is 12.3 Å². The fourth-order valence-electron chi connectivity index (χ4n) is 1.68. The lowest BCUT2D eigenvalue weighted by Crippen LogP contribution is -2.21. The van der Waals surface area contributed by atoms with Gasteiger partial charge in [-0.15, -0.1) is 0 Å². The van der Waals surface area contributed by atoms with Crippen molar-refractivity contribution in [2.24, 2.45) is 0 Å². The van der Waals surface area contributed by atoms with Crippen molar-refractivity contribution >= 4 is 12.0 Å². The number of aromatic nitrogens is 1. The topological polar surface area (TPSA) is 42.0 Å². The van der Waals surface area contributed by atoms with E-state index in [0.717, 1.165) is 16.8 Å². The molecular formula is C16H15FN2O. The number of carbonyl (C=O) groups excluding carboxylic acids is 1. The highest BCUT2D eigenvalue weighted by Crippen LogP contribution is 2.05. The van der Waals surface area contributed by atoms with Gasteiger partial charge in [-0.25, -0.2) is 4.39 Å². The quantitative estimate of drug-likeness (QED) is 0.868. The van der Waals surface area contributed by atoms with E-state index < -0.39 is 0 Å². The summed E-state index contributed by atoms with van der Waals surface area (Å²) in [5.41, 5.74) is 2.65. The third-order valence-corrected chi connectivity index (χ3v) is 2.85. The average Bonchev–Trinajstić information content (AvgIpc) is 2.46. The van der Waals surface area contributed by atoms with Crippen LogP contribution >= 0.6 is 0 Å². The summed E-state index contributed by atoms with van der Waals surface area (Å²) in [5.74, 6) is -0.503. The van der Waals surface area contributed by atoms with Crippen LogP contribution in [0, 0.1) is 12.7 Å². The van der Waals surface area contributed by atoms with Crippen molar-refractivity contribution in [3.05, 3.63) is 71.3 Å². The van der Waals surface area contributed by atoms with Crippen LogP contribution in [0.3, 0.4) is 0 Å². The van der Waals surface area contributed by atoms with Crippen molar-refractivity contribution in [3.63, 3.8) is 0 Å². The van der Waals surface area contributed by atoms with Gasteiger partial charge in [0.25, 0.3) is 0 Å². The SMILES string of the molecule is Cc1cccnc1CNC(=O)C=Cc1ccc(F)cc1. The smallest absolute Gasteiger partial charge is 0.244 e. The zero-order valence-electron chi connectivity index (χ0n) is 11.1. The Morgan fingerprint density at radius 3 is 2.75 bits per heavy atom. The lowest BCUT2D eigenvalue weighted by molar-refractivity contribution is -0.116. The highest BCUT2D eigenvalue weighted by molar-refractivity contribution is 5.91. The van der Waals surface area contributed by atoms with E-state index >= 15 is 0 Å². The highest BCUT2D eigenvalue weighted by atomic mass is 19.1. The predicted molar refractivity (Wildman–Crippen MR) is 76.3 cm³/mol. The van der Waals surface area contributed by atoms with Crippen LogP contribution in [-0.4, -0.2) is 10.9 Å². The van der Waals surface area contributed by atoms with Crippen molar-refractivity contribution in [2.45, 2.75) is 13.5 Å². The Balaban J connectivity index is 1.90. The van der Waals surface area contributed by atoms with E-state index in [-0.39, 0.29) is 11.7 Å². The minimum absolute atomic E-state index is 0.209. The van der Waals surface area contributed by atoms with Crippen LogP contribution in [0.15, 0.2) is 48.7 Å². The molecule has 0 fully saturated rings. The molecule has 3 nitrogen and oxygen atoms in total. The molecule has 2 rings (SSSR count). The monoisotopic (exact) mass is 270 g/mol. The highest BCUT2D eigenvalue weighted by Gasteiger charge is 2.00. The summed E-state index contributed by atoms with van der Waals surface area (Å²) in [5, 5.41) is 2.76. The zero-order valence-corrected chi connectivity index (χ0v) is 11.1. The predicted octanol–water partition coefficient (Wildman–Crippen LogP) is 2.86. The van der Waals surface area contributed by atoms with Gasteiger partial charge < -0.3 is 5.32 Å². The average molecular weight is 270 g/mol. The van der Waals surface area contributed by atoms with Crippen LogP contribution in [0.1, 0.15) is 16.8 Å². The van der Waals surface area contributed by atoms with Crippen molar-refractivity contribution in [3.8, 4) is 0 Å². The van der Waals surface area contributed by atoms with Crippen LogP contribution in [0.2, 0.25) is 0 Å². The number of benzene rings is 1. The molecule has 2 aromatic rings. The number of pyridine rings is 1. The molecule has 102 valence electrons. The lowest BCUT2D eigenvalue weighted by Gasteiger charge is -2.04. The molecular weight excluding hydrogens is 255 g/mol. The van der Waals surface area contributed by atoms with E-state index in [9.17, 15) is 9.18 Å². The Kier molecular flexibility index (Phi) is 4.60. The summed E-state index contributed by atoms with van der Waals surface area (Å²) in [7, 11) is 0. The van der Waals surface area contributed by atoms with Gasteiger partial charge in [-0.05, 0) is 42.3 Å². The van der Waals surface area contributed by atoms with Crippen molar-refractivity contribution < 1.29 is 9.18 Å². The van der Waals surface area contributed by atoms with E-state index in [2.05, 4.69) is 10.3 Å². The normalized spacial score (nSPS) is 10.7. The summed E-state index contributed by atoms with van der Waals surface area (Å²) < 4.78 is 12.7. The molecule has 0 aliphatic rings. The fraction of sp³-hybridized carbons (Fsp3) is 0.125. The molecule has 0 unspecified atom stereocenters. The molecule has 1 N–H and O–H groups in total. The summed E-state index contributed by atoms with van der Waals surface area (Å²) in [6.45, 7) is 2.34. The summed E-state index contributed by atoms with van der Waals surface area (Å²) >= 11 is 0. The van der Waals surface area contributed by atoms with Crippen molar-refractivity contribution in [1.82, 2.24) is 10.3 Å². The maximum absolute atomic E-state index is 12.7. The second-order valence-electron chi connectivity index (χ2n) is 4.37. The first-order valence-corrected chi connectivity index (χ1v) is 6.27. The Morgan fingerprint density at radius 1 is 1.30 bits per heavy atom. The Morgan fingerprint density at radius 2 is 2.05 bits per heavy atom. The number of hydrogen-bond acceptors (Lipinski definition) is 2. The molecule has 0 atom stereocenters. The number of hydrogen-bond donors (Lipinski definition) is 1. The Hall–Kier alpha value is -2.49. The molecule has 1 heterocycles. The third-order valence-electron chi connectivity index (χ3n) is 2.85. The molecule has 0 saturated carbocycles. The number of rotatable bonds is 4. The molecule has 1 amide bonds. The van der Waals surface area contributed by atoms with Crippen molar-refractivity contribution in [1.29, 1.82) is 0 Å². The third kappa shape index (κ3) is 4.02. The lowest BCUT2D eigenvalue weighted by atomic mass is 10.2. The molecule has 0 saturated heterocycles. The van der Waals surface area contributed by atoms with E-state index in [1.807, 2.05) is 19.1 Å². The molecule has 0 radical (unpaired) electrons. The van der Waals surface area contributed by atoms with E-state index in [4.69, 9.17) is 0 Å². The van der Waals surface area contributed by atoms with Gasteiger partial charge in [-0.2, -0.15) is 0 Å². The first-order valence-electron chi connectivity index (χ1n) is 6.27. The number of amides is 1. The Labute approximate surface area is 117 Å². The first kappa shape index (κ1) is 13.9. The second kappa shape index (κ2) is 6.61. The molecule has 0 spiro atoms. The standard InChI is InChI=1S/C16H15FN2O/c1-12-3-2-10-18-15(12)11-19-16(20)9-6-13-4-7-14(17)8-5-13/h2-10H,11H2,1H3,(H,19,20). The van der Waals surface area contributed by atoms with Gasteiger partial charge in [-0.3, -0.25) is 9.78 Å². The number of halogens is 1. The summed E-state index contributed by atoms with van der Waals surface area (Å²) in [4.78, 5) is 15.9. The van der Waals surface area contributed by atoms with Gasteiger partial charge in [-0.1, -0.05) is 18.2 Å². The van der Waals surface area contributed by atoms with Crippen LogP contribution in [-0.2, 0) is 11.3 Å². The number of nitrogens with one attached hydrogen (secondary N) is 1. The number of aryl methyl sites for hydroxylation is 1. The molecule has 20 heavy (non-hydrogen) atoms. The minimum atomic E-state index is -0.294. The van der Waals surface area contributed by atoms with Crippen LogP contribution in [0.4, 0.5) is 4.39 Å². The maximum Gasteiger partial charge on any atom is 0.244 e. The zero-order chi connectivity index (χ0) is 14.4. The van der Waals surface area contributed by atoms with Crippen LogP contribution in [0.25, 0.3) is 6.08 Å². The van der Waals surface area contributed by atoms with Gasteiger partial charge in [0.05, 0.1) is 12.2 Å². The van der Waals surface area contributed by atoms with E-state index in [0.29, 0.717) is 6.54 Å². The fourth-order valence-corrected chi connectivity index (χ4v) is 1.68. The van der Waals surface area contributed by atoms with E-state index in [1.165, 1.54) is 18.2 Å². The molecule has 4 heteroatoms. The van der Waals surface area contributed by atoms with Gasteiger partial charge in [0.2, 0.25) is 5.91 Å². The van der Waals surface area contributed by atoms with Gasteiger partial charge in [0.1, 0.15) is 5.82 Å². The Bertz CT molecular complexity index is 621. The molecule has 0 bridgehead atoms. The molecule has 1 aromatic heterocycles. The molecule has 1 aromatic carbocycles. The summed E-state index contributed by atoms with van der Waals surface area (Å²) in [6.07, 6.45) is 4.76. The van der Waals surface area contributed by atoms with Crippen LogP contribution in [0.5, 0.6) is 0 Å². The van der Waals surface area contributed by atoms with Gasteiger partial charge in [0.15, 0.2) is 0 Å². The number of nitrogens with zero attached hydrogens (tertiary/aromatic N) is 1. The van der Waals surface area contributed by atoms with E-state index in [1.54, 1.807) is 24.4 Å². The number of carbonyl (C=O) groups is 1.